The predicted octanol–water partition coefficient (Wildman–Crippen LogP) is 5.16. The molecule has 48 heavy (non-hydrogen) atoms. The Balaban J connectivity index is 1.53. The molecule has 4 aromatic rings. The standard InChI is InChI=1S/C36H43N5O5S2/c1-6-26-11-10-14-31(17-26)39-34(42)25(3)37-22-32(18-27-15-16-47-23-27)40-36(44)30-19-29(20-33(21-30)41(4)48(5,45)46)35(43)38-24(2)28-12-8-7-9-13-28/h7-17,19-21,23-25,32,37H,6,18,22H2,1-5H3,(H,38,43)(H,39,42)(H,40,44)/t24-,25+,32+/m1/s1. The van der Waals surface area contributed by atoms with Crippen LogP contribution in [-0.4, -0.2) is 58.1 Å². The summed E-state index contributed by atoms with van der Waals surface area (Å²) in [6, 6.07) is 22.1. The zero-order chi connectivity index (χ0) is 34.8. The molecular weight excluding hydrogens is 647 g/mol. The van der Waals surface area contributed by atoms with E-state index < -0.39 is 33.9 Å². The number of amides is 3. The van der Waals surface area contributed by atoms with E-state index in [2.05, 4.69) is 28.2 Å². The topological polar surface area (TPSA) is 137 Å². The van der Waals surface area contributed by atoms with Crippen LogP contribution in [0.1, 0.15) is 64.2 Å². The fraction of sp³-hybridized carbons (Fsp3) is 0.306. The Hall–Kier alpha value is -4.52. The fourth-order valence-corrected chi connectivity index (χ4v) is 6.19. The molecule has 254 valence electrons. The highest BCUT2D eigenvalue weighted by molar-refractivity contribution is 7.92. The van der Waals surface area contributed by atoms with E-state index in [-0.39, 0.29) is 35.3 Å². The number of aryl methyl sites for hydroxylation is 1. The minimum atomic E-state index is -3.69. The van der Waals surface area contributed by atoms with Crippen molar-refractivity contribution >= 4 is 50.5 Å². The summed E-state index contributed by atoms with van der Waals surface area (Å²) >= 11 is 1.54. The Morgan fingerprint density at radius 2 is 1.54 bits per heavy atom. The number of benzene rings is 3. The largest absolute Gasteiger partial charge is 0.348 e. The number of sulfonamides is 1. The van der Waals surface area contributed by atoms with Gasteiger partial charge >= 0.3 is 0 Å². The second kappa shape index (κ2) is 16.5. The number of thiophene rings is 1. The van der Waals surface area contributed by atoms with E-state index in [9.17, 15) is 22.8 Å². The maximum absolute atomic E-state index is 13.8. The molecule has 0 fully saturated rings. The Kier molecular flexibility index (Phi) is 12.5. The molecule has 0 unspecified atom stereocenters. The predicted molar refractivity (Wildman–Crippen MR) is 193 cm³/mol. The quantitative estimate of drug-likeness (QED) is 0.136. The summed E-state index contributed by atoms with van der Waals surface area (Å²) in [6.07, 6.45) is 2.39. The van der Waals surface area contributed by atoms with Crippen molar-refractivity contribution in [1.29, 1.82) is 0 Å². The molecule has 4 rings (SSSR count). The smallest absolute Gasteiger partial charge is 0.251 e. The van der Waals surface area contributed by atoms with E-state index >= 15 is 0 Å². The van der Waals surface area contributed by atoms with Crippen LogP contribution in [0, 0.1) is 0 Å². The maximum Gasteiger partial charge on any atom is 0.251 e. The third-order valence-corrected chi connectivity index (χ3v) is 9.95. The van der Waals surface area contributed by atoms with Crippen LogP contribution in [0.25, 0.3) is 0 Å². The monoisotopic (exact) mass is 689 g/mol. The van der Waals surface area contributed by atoms with Crippen molar-refractivity contribution in [3.05, 3.63) is 117 Å². The summed E-state index contributed by atoms with van der Waals surface area (Å²) in [6.45, 7) is 5.93. The van der Waals surface area contributed by atoms with Crippen molar-refractivity contribution in [1.82, 2.24) is 16.0 Å². The van der Waals surface area contributed by atoms with Crippen molar-refractivity contribution in [2.24, 2.45) is 0 Å². The van der Waals surface area contributed by atoms with Crippen molar-refractivity contribution in [2.75, 3.05) is 29.5 Å². The molecule has 0 saturated carbocycles. The van der Waals surface area contributed by atoms with E-state index in [0.29, 0.717) is 12.1 Å². The van der Waals surface area contributed by atoms with Gasteiger partial charge in [0.25, 0.3) is 11.8 Å². The lowest BCUT2D eigenvalue weighted by Gasteiger charge is -2.23. The molecular formula is C36H43N5O5S2. The van der Waals surface area contributed by atoms with Gasteiger partial charge in [0.2, 0.25) is 15.9 Å². The minimum absolute atomic E-state index is 0.123. The summed E-state index contributed by atoms with van der Waals surface area (Å²) < 4.78 is 25.9. The van der Waals surface area contributed by atoms with Gasteiger partial charge in [-0.15, -0.1) is 0 Å². The first-order valence-electron chi connectivity index (χ1n) is 15.7. The molecule has 0 radical (unpaired) electrons. The average molecular weight is 690 g/mol. The summed E-state index contributed by atoms with van der Waals surface area (Å²) in [5.41, 5.74) is 4.18. The van der Waals surface area contributed by atoms with Crippen LogP contribution in [-0.2, 0) is 27.7 Å². The number of nitrogens with one attached hydrogen (secondary N) is 4. The molecule has 3 aromatic carbocycles. The third-order valence-electron chi connectivity index (χ3n) is 8.01. The van der Waals surface area contributed by atoms with Gasteiger partial charge in [-0.3, -0.25) is 18.7 Å². The molecule has 3 amide bonds. The van der Waals surface area contributed by atoms with Crippen LogP contribution < -0.4 is 25.6 Å². The van der Waals surface area contributed by atoms with Gasteiger partial charge in [0, 0.05) is 36.4 Å². The number of carbonyl (C=O) groups is 3. The SMILES string of the molecule is CCc1cccc(NC(=O)[C@H](C)NC[C@H](Cc2ccsc2)NC(=O)c2cc(C(=O)N[C@H](C)c3ccccc3)cc(N(C)S(C)(=O)=O)c2)c1. The molecule has 0 aliphatic carbocycles. The first-order chi connectivity index (χ1) is 22.8. The van der Waals surface area contributed by atoms with E-state index in [1.807, 2.05) is 78.3 Å². The van der Waals surface area contributed by atoms with Gasteiger partial charge < -0.3 is 21.3 Å². The lowest BCUT2D eigenvalue weighted by Crippen LogP contribution is -2.48. The summed E-state index contributed by atoms with van der Waals surface area (Å²) in [5.74, 6) is -1.15. The highest BCUT2D eigenvalue weighted by Gasteiger charge is 2.23. The van der Waals surface area contributed by atoms with Crippen molar-refractivity contribution < 1.29 is 22.8 Å². The van der Waals surface area contributed by atoms with E-state index in [1.165, 1.54) is 25.2 Å². The summed E-state index contributed by atoms with van der Waals surface area (Å²) in [4.78, 5) is 40.2. The van der Waals surface area contributed by atoms with Gasteiger partial charge in [-0.1, -0.05) is 49.4 Å². The van der Waals surface area contributed by atoms with Crippen molar-refractivity contribution in [3.8, 4) is 0 Å². The first kappa shape index (κ1) is 36.3. The Morgan fingerprint density at radius 3 is 2.17 bits per heavy atom. The maximum atomic E-state index is 13.8. The lowest BCUT2D eigenvalue weighted by atomic mass is 10.0. The molecule has 0 spiro atoms. The Bertz CT molecular complexity index is 1810. The van der Waals surface area contributed by atoms with Crippen LogP contribution in [0.5, 0.6) is 0 Å². The van der Waals surface area contributed by atoms with Crippen LogP contribution in [0.3, 0.4) is 0 Å². The molecule has 0 saturated heterocycles. The highest BCUT2D eigenvalue weighted by atomic mass is 32.2. The molecule has 4 N–H and O–H groups in total. The number of nitrogens with zero attached hydrogens (tertiary/aromatic N) is 1. The fourth-order valence-electron chi connectivity index (χ4n) is 5.02. The number of carbonyl (C=O) groups excluding carboxylic acids is 3. The van der Waals surface area contributed by atoms with Gasteiger partial charge in [0.1, 0.15) is 0 Å². The van der Waals surface area contributed by atoms with Crippen LogP contribution in [0.2, 0.25) is 0 Å². The van der Waals surface area contributed by atoms with E-state index in [0.717, 1.165) is 33.7 Å². The van der Waals surface area contributed by atoms with Gasteiger partial charge in [-0.05, 0) is 90.5 Å². The van der Waals surface area contributed by atoms with Gasteiger partial charge in [-0.2, -0.15) is 11.3 Å². The molecule has 1 heterocycles. The Labute approximate surface area is 287 Å². The molecule has 0 aliphatic heterocycles. The van der Waals surface area contributed by atoms with E-state index in [4.69, 9.17) is 0 Å². The number of anilines is 2. The number of hydrogen-bond acceptors (Lipinski definition) is 7. The van der Waals surface area contributed by atoms with Crippen molar-refractivity contribution in [3.63, 3.8) is 0 Å². The molecule has 3 atom stereocenters. The van der Waals surface area contributed by atoms with Gasteiger partial charge in [-0.25, -0.2) is 8.42 Å². The van der Waals surface area contributed by atoms with Crippen LogP contribution in [0.4, 0.5) is 11.4 Å². The molecule has 12 heteroatoms. The number of rotatable bonds is 15. The molecule has 0 bridgehead atoms. The average Bonchev–Trinajstić information content (AvgIpc) is 3.59. The first-order valence-corrected chi connectivity index (χ1v) is 18.5. The van der Waals surface area contributed by atoms with Gasteiger partial charge in [0.15, 0.2) is 0 Å². The zero-order valence-corrected chi connectivity index (χ0v) is 29.5. The van der Waals surface area contributed by atoms with Crippen molar-refractivity contribution in [2.45, 2.75) is 51.7 Å². The molecule has 10 nitrogen and oxygen atoms in total. The Morgan fingerprint density at radius 1 is 0.854 bits per heavy atom. The summed E-state index contributed by atoms with van der Waals surface area (Å²) in [5, 5.41) is 16.1. The van der Waals surface area contributed by atoms with Crippen LogP contribution >= 0.6 is 11.3 Å². The lowest BCUT2D eigenvalue weighted by molar-refractivity contribution is -0.117. The second-order valence-electron chi connectivity index (χ2n) is 11.8. The summed E-state index contributed by atoms with van der Waals surface area (Å²) in [7, 11) is -2.32. The van der Waals surface area contributed by atoms with Crippen LogP contribution in [0.15, 0.2) is 89.6 Å². The highest BCUT2D eigenvalue weighted by Crippen LogP contribution is 2.22. The number of hydrogen-bond donors (Lipinski definition) is 4. The molecule has 1 aromatic heterocycles. The van der Waals surface area contributed by atoms with E-state index in [1.54, 1.807) is 18.3 Å². The normalized spacial score (nSPS) is 13.2. The third kappa shape index (κ3) is 10.2. The second-order valence-corrected chi connectivity index (χ2v) is 14.6. The molecule has 0 aliphatic rings. The zero-order valence-electron chi connectivity index (χ0n) is 27.8. The minimum Gasteiger partial charge on any atom is -0.348 e. The van der Waals surface area contributed by atoms with Gasteiger partial charge in [0.05, 0.1) is 24.0 Å².